The lowest BCUT2D eigenvalue weighted by molar-refractivity contribution is 0.255. The second kappa shape index (κ2) is 11.5. The number of rotatable bonds is 8. The van der Waals surface area contributed by atoms with Crippen LogP contribution >= 0.6 is 7.75 Å². The Morgan fingerprint density at radius 3 is 2.76 bits per heavy atom. The van der Waals surface area contributed by atoms with Crippen LogP contribution in [0.4, 0.5) is 5.69 Å². The maximum Gasteiger partial charge on any atom is 0.432 e. The third-order valence-corrected chi connectivity index (χ3v) is 6.88. The molecule has 0 saturated heterocycles. The Hall–Kier alpha value is -1.65. The number of nitrogens with two attached hydrogens (primary N) is 1. The van der Waals surface area contributed by atoms with Gasteiger partial charge in [0.15, 0.2) is 0 Å². The molecule has 0 saturated carbocycles. The van der Waals surface area contributed by atoms with Crippen LogP contribution in [0.2, 0.25) is 0 Å². The molecule has 160 valence electrons. The van der Waals surface area contributed by atoms with Crippen LogP contribution in [0.15, 0.2) is 66.3 Å². The molecular weight excluding hydrogens is 383 g/mol. The van der Waals surface area contributed by atoms with Crippen molar-refractivity contribution in [1.29, 1.82) is 0 Å². The van der Waals surface area contributed by atoms with Gasteiger partial charge in [-0.25, -0.2) is 4.57 Å². The number of hydrogen-bond donors (Lipinski definition) is 2. The molecule has 3 N–H and O–H groups in total. The minimum absolute atomic E-state index is 0.218. The minimum Gasteiger partial charge on any atom is -0.322 e. The Morgan fingerprint density at radius 2 is 2.03 bits per heavy atom. The molecule has 29 heavy (non-hydrogen) atoms. The highest BCUT2D eigenvalue weighted by Crippen LogP contribution is 2.47. The smallest absolute Gasteiger partial charge is 0.322 e. The van der Waals surface area contributed by atoms with Crippen LogP contribution in [0, 0.1) is 0 Å². The van der Waals surface area contributed by atoms with Crippen molar-refractivity contribution in [2.24, 2.45) is 5.73 Å². The molecular formula is C23H35N2O3P. The highest BCUT2D eigenvalue weighted by Gasteiger charge is 2.26. The van der Waals surface area contributed by atoms with Gasteiger partial charge in [0.1, 0.15) is 0 Å². The summed E-state index contributed by atoms with van der Waals surface area (Å²) < 4.78 is 19.2. The zero-order valence-corrected chi connectivity index (χ0v) is 18.6. The number of para-hydroxylation sites is 1. The van der Waals surface area contributed by atoms with E-state index in [1.165, 1.54) is 10.2 Å². The summed E-state index contributed by atoms with van der Waals surface area (Å²) >= 11 is 0. The Kier molecular flexibility index (Phi) is 9.38. The van der Waals surface area contributed by atoms with Crippen molar-refractivity contribution in [3.8, 4) is 0 Å². The summed E-state index contributed by atoms with van der Waals surface area (Å²) in [6, 6.07) is 9.09. The van der Waals surface area contributed by atoms with Crippen LogP contribution in [0.25, 0.3) is 0 Å². The molecule has 1 aromatic carbocycles. The van der Waals surface area contributed by atoms with Gasteiger partial charge in [0.2, 0.25) is 0 Å². The van der Waals surface area contributed by atoms with Crippen molar-refractivity contribution in [2.45, 2.75) is 57.4 Å². The molecule has 0 spiro atoms. The molecule has 1 aromatic rings. The van der Waals surface area contributed by atoms with Crippen LogP contribution in [0.1, 0.15) is 51.9 Å². The van der Waals surface area contributed by atoms with E-state index in [0.29, 0.717) is 12.1 Å². The van der Waals surface area contributed by atoms with Gasteiger partial charge < -0.3 is 10.6 Å². The van der Waals surface area contributed by atoms with Gasteiger partial charge in [0, 0.05) is 18.3 Å². The van der Waals surface area contributed by atoms with E-state index < -0.39 is 7.75 Å². The van der Waals surface area contributed by atoms with Crippen LogP contribution in [0.5, 0.6) is 0 Å². The summed E-state index contributed by atoms with van der Waals surface area (Å²) in [5.74, 6) is 0. The van der Waals surface area contributed by atoms with E-state index in [1.807, 2.05) is 18.2 Å². The second-order valence-corrected chi connectivity index (χ2v) is 9.46. The fourth-order valence-electron chi connectivity index (χ4n) is 3.25. The zero-order chi connectivity index (χ0) is 21.2. The minimum atomic E-state index is -3.87. The van der Waals surface area contributed by atoms with Crippen LogP contribution < -0.4 is 10.4 Å². The average molecular weight is 419 g/mol. The van der Waals surface area contributed by atoms with Crippen molar-refractivity contribution in [3.05, 3.63) is 66.3 Å². The maximum atomic E-state index is 12.5. The standard InChI is InChI=1S/C23H35N2O3P/c1-3-23(24)18-10-5-4-7-13-21(14-11-19-23)15-12-20-28-29(26,27)25(2)22-16-8-6-9-17-22/h6-9,11,13-14,16-17,19H,3-5,10,12,15,18,20,24H2,1-2H3,(H,26,27)/b13-7+,19-11-,21-14+. The van der Waals surface area contributed by atoms with Crippen molar-refractivity contribution >= 4 is 13.4 Å². The lowest BCUT2D eigenvalue weighted by Gasteiger charge is -2.24. The third-order valence-electron chi connectivity index (χ3n) is 5.37. The maximum absolute atomic E-state index is 12.5. The molecule has 2 unspecified atom stereocenters. The number of anilines is 1. The van der Waals surface area contributed by atoms with Crippen LogP contribution in [0.3, 0.4) is 0 Å². The molecule has 2 rings (SSSR count). The molecule has 0 heterocycles. The quantitative estimate of drug-likeness (QED) is 0.416. The average Bonchev–Trinajstić information content (AvgIpc) is 2.76. The van der Waals surface area contributed by atoms with E-state index in [-0.39, 0.29) is 12.1 Å². The van der Waals surface area contributed by atoms with Crippen LogP contribution in [-0.2, 0) is 9.09 Å². The van der Waals surface area contributed by atoms with Gasteiger partial charge >= 0.3 is 7.75 Å². The fourth-order valence-corrected chi connectivity index (χ4v) is 4.22. The van der Waals surface area contributed by atoms with Crippen LogP contribution in [-0.4, -0.2) is 24.1 Å². The van der Waals surface area contributed by atoms with E-state index in [4.69, 9.17) is 10.3 Å². The predicted octanol–water partition coefficient (Wildman–Crippen LogP) is 5.74. The summed E-state index contributed by atoms with van der Waals surface area (Å²) in [6.07, 6.45) is 17.3. The molecule has 6 heteroatoms. The van der Waals surface area contributed by atoms with Crippen molar-refractivity contribution in [2.75, 3.05) is 18.3 Å². The van der Waals surface area contributed by atoms with E-state index in [2.05, 4.69) is 37.3 Å². The lowest BCUT2D eigenvalue weighted by atomic mass is 9.90. The summed E-state index contributed by atoms with van der Waals surface area (Å²) in [5.41, 5.74) is 8.06. The van der Waals surface area contributed by atoms with Crippen molar-refractivity contribution < 1.29 is 14.0 Å². The van der Waals surface area contributed by atoms with E-state index in [0.717, 1.165) is 38.5 Å². The van der Waals surface area contributed by atoms with Gasteiger partial charge in [0.25, 0.3) is 0 Å². The van der Waals surface area contributed by atoms with Gasteiger partial charge in [-0.15, -0.1) is 0 Å². The first kappa shape index (κ1) is 23.6. The molecule has 0 amide bonds. The molecule has 0 aromatic heterocycles. The first-order valence-electron chi connectivity index (χ1n) is 10.5. The molecule has 5 nitrogen and oxygen atoms in total. The first-order chi connectivity index (χ1) is 13.9. The normalized spacial score (nSPS) is 26.4. The lowest BCUT2D eigenvalue weighted by Crippen LogP contribution is -2.36. The monoisotopic (exact) mass is 418 g/mol. The number of allylic oxidation sites excluding steroid dienone is 5. The summed E-state index contributed by atoms with van der Waals surface area (Å²) in [7, 11) is -2.29. The second-order valence-electron chi connectivity index (χ2n) is 7.62. The molecule has 0 bridgehead atoms. The largest absolute Gasteiger partial charge is 0.432 e. The number of hydrogen-bond acceptors (Lipinski definition) is 3. The molecule has 2 atom stereocenters. The Morgan fingerprint density at radius 1 is 1.28 bits per heavy atom. The molecule has 1 aliphatic rings. The fraction of sp³-hybridized carbons (Fsp3) is 0.478. The summed E-state index contributed by atoms with van der Waals surface area (Å²) in [4.78, 5) is 10.2. The van der Waals surface area contributed by atoms with Gasteiger partial charge in [-0.1, -0.05) is 61.9 Å². The third kappa shape index (κ3) is 7.94. The Balaban J connectivity index is 1.91. The highest BCUT2D eigenvalue weighted by atomic mass is 31.2. The van der Waals surface area contributed by atoms with Gasteiger partial charge in [-0.3, -0.25) is 9.19 Å². The SMILES string of the molecule is CCC1(N)\C=C/C=C(CCCOP(=O)(O)N(C)c2ccccc2)\C=C\CCCC1. The van der Waals surface area contributed by atoms with Gasteiger partial charge in [0.05, 0.1) is 6.61 Å². The van der Waals surface area contributed by atoms with E-state index in [9.17, 15) is 9.46 Å². The van der Waals surface area contributed by atoms with E-state index in [1.54, 1.807) is 19.2 Å². The number of nitrogens with zero attached hydrogens (tertiary/aromatic N) is 1. The Bertz CT molecular complexity index is 761. The van der Waals surface area contributed by atoms with Crippen molar-refractivity contribution in [1.82, 2.24) is 0 Å². The molecule has 0 aliphatic heterocycles. The van der Waals surface area contributed by atoms with Gasteiger partial charge in [-0.05, 0) is 56.2 Å². The summed E-state index contributed by atoms with van der Waals surface area (Å²) in [6.45, 7) is 2.35. The van der Waals surface area contributed by atoms with E-state index >= 15 is 0 Å². The summed E-state index contributed by atoms with van der Waals surface area (Å²) in [5, 5.41) is 0. The van der Waals surface area contributed by atoms with Gasteiger partial charge in [-0.2, -0.15) is 0 Å². The molecule has 0 fully saturated rings. The molecule has 0 radical (unpaired) electrons. The zero-order valence-electron chi connectivity index (χ0n) is 17.7. The first-order valence-corrected chi connectivity index (χ1v) is 12.0. The predicted molar refractivity (Wildman–Crippen MR) is 122 cm³/mol. The molecule has 1 aliphatic carbocycles. The number of benzene rings is 1. The highest BCUT2D eigenvalue weighted by molar-refractivity contribution is 7.54. The van der Waals surface area contributed by atoms with Crippen molar-refractivity contribution in [3.63, 3.8) is 0 Å². The topological polar surface area (TPSA) is 75.8 Å². The Labute approximate surface area is 175 Å².